The van der Waals surface area contributed by atoms with Gasteiger partial charge in [0.15, 0.2) is 5.82 Å². The molecule has 0 radical (unpaired) electrons. The van der Waals surface area contributed by atoms with Gasteiger partial charge < -0.3 is 9.80 Å². The van der Waals surface area contributed by atoms with Gasteiger partial charge in [0, 0.05) is 33.8 Å². The van der Waals surface area contributed by atoms with Crippen molar-refractivity contribution in [1.82, 2.24) is 4.98 Å². The van der Waals surface area contributed by atoms with Crippen molar-refractivity contribution < 1.29 is 4.57 Å². The second kappa shape index (κ2) is 3.17. The summed E-state index contributed by atoms with van der Waals surface area (Å²) in [5.41, 5.74) is 2.18. The predicted molar refractivity (Wildman–Crippen MR) is 65.1 cm³/mol. The second-order valence-corrected chi connectivity index (χ2v) is 5.62. The monoisotopic (exact) mass is 224 g/mol. The number of anilines is 2. The number of aromatic nitrogens is 1. The molecule has 0 saturated heterocycles. The fraction of sp³-hybridized carbons (Fsp3) is 0.500. The molecule has 1 unspecified atom stereocenters. The highest BCUT2D eigenvalue weighted by atomic mass is 31.1. The third-order valence-corrected chi connectivity index (χ3v) is 4.00. The lowest BCUT2D eigenvalue weighted by Gasteiger charge is -2.21. The molecule has 15 heavy (non-hydrogen) atoms. The molecule has 2 rings (SSSR count). The molecule has 4 nitrogen and oxygen atoms in total. The number of hydrogen-bond acceptors (Lipinski definition) is 4. The number of rotatable bonds is 2. The van der Waals surface area contributed by atoms with Crippen molar-refractivity contribution in [3.8, 4) is 0 Å². The van der Waals surface area contributed by atoms with Gasteiger partial charge in [0.05, 0.1) is 5.69 Å². The maximum absolute atomic E-state index is 11.6. The van der Waals surface area contributed by atoms with E-state index in [1.807, 2.05) is 44.9 Å². The van der Waals surface area contributed by atoms with Gasteiger partial charge >= 0.3 is 12.7 Å². The van der Waals surface area contributed by atoms with Crippen molar-refractivity contribution in [3.05, 3.63) is 5.56 Å². The van der Waals surface area contributed by atoms with Crippen LogP contribution in [0.15, 0.2) is 0 Å². The van der Waals surface area contributed by atoms with E-state index in [4.69, 9.17) is 0 Å². The molecule has 1 atom stereocenters. The Balaban J connectivity index is 2.75. The summed E-state index contributed by atoms with van der Waals surface area (Å²) in [6.45, 7) is 2.02. The highest BCUT2D eigenvalue weighted by Gasteiger charge is 2.37. The molecule has 2 heterocycles. The molecular formula is C10H15N3OP+. The minimum absolute atomic E-state index is 0.789. The second-order valence-electron chi connectivity index (χ2n) is 4.16. The highest BCUT2D eigenvalue weighted by Crippen LogP contribution is 2.51. The standard InChI is InChI=1S/C10H15N3OP/c1-6-7(12(2)3)9(13(4)5)11-10-8(6)15(10)14/h1-5H3/q+1. The third kappa shape index (κ3) is 1.40. The molecule has 0 bridgehead atoms. The number of hydrogen-bond donors (Lipinski definition) is 0. The maximum Gasteiger partial charge on any atom is 0.447 e. The number of aryl methyl sites for hydroxylation is 1. The van der Waals surface area contributed by atoms with E-state index in [1.54, 1.807) is 0 Å². The topological polar surface area (TPSA) is 36.4 Å². The summed E-state index contributed by atoms with van der Waals surface area (Å²) in [5.74, 6) is 0.900. The Morgan fingerprint density at radius 2 is 1.73 bits per heavy atom. The van der Waals surface area contributed by atoms with Crippen molar-refractivity contribution in [2.75, 3.05) is 38.0 Å². The summed E-state index contributed by atoms with van der Waals surface area (Å²) in [6, 6.07) is 0. The van der Waals surface area contributed by atoms with Gasteiger partial charge in [0.2, 0.25) is 0 Å². The molecule has 0 N–H and O–H groups in total. The van der Waals surface area contributed by atoms with Crippen LogP contribution >= 0.6 is 7.41 Å². The van der Waals surface area contributed by atoms with Crippen molar-refractivity contribution in [2.45, 2.75) is 6.92 Å². The Kier molecular flexibility index (Phi) is 2.19. The van der Waals surface area contributed by atoms with Gasteiger partial charge in [-0.05, 0) is 6.92 Å². The SMILES string of the molecule is Cc1c(N(C)C)c(N(C)C)nc2c1[p+]2=O. The van der Waals surface area contributed by atoms with E-state index in [1.165, 1.54) is 0 Å². The molecular weight excluding hydrogens is 209 g/mol. The third-order valence-electron chi connectivity index (χ3n) is 2.56. The Bertz CT molecular complexity index is 538. The lowest BCUT2D eigenvalue weighted by atomic mass is 10.2. The lowest BCUT2D eigenvalue weighted by Crippen LogP contribution is -2.18. The van der Waals surface area contributed by atoms with Crippen molar-refractivity contribution in [2.24, 2.45) is 0 Å². The van der Waals surface area contributed by atoms with Gasteiger partial charge in [0.25, 0.3) is 5.12 Å². The van der Waals surface area contributed by atoms with E-state index in [-0.39, 0.29) is 0 Å². The average Bonchev–Trinajstić information content (AvgIpc) is 2.76. The summed E-state index contributed by atoms with van der Waals surface area (Å²) < 4.78 is 11.6. The predicted octanol–water partition coefficient (Wildman–Crippen LogP) is 2.29. The molecule has 0 aliphatic heterocycles. The van der Waals surface area contributed by atoms with Crippen LogP contribution in [0.5, 0.6) is 0 Å². The minimum Gasteiger partial charge on any atom is -0.374 e. The fourth-order valence-electron chi connectivity index (χ4n) is 1.84. The Hall–Kier alpha value is -1.15. The van der Waals surface area contributed by atoms with Gasteiger partial charge in [-0.2, -0.15) is 4.98 Å². The minimum atomic E-state index is -1.29. The highest BCUT2D eigenvalue weighted by molar-refractivity contribution is 7.58. The van der Waals surface area contributed by atoms with Gasteiger partial charge in [0.1, 0.15) is 0 Å². The van der Waals surface area contributed by atoms with Gasteiger partial charge in [-0.15, -0.1) is 0 Å². The largest absolute Gasteiger partial charge is 0.447 e. The molecule has 0 amide bonds. The quantitative estimate of drug-likeness (QED) is 0.784. The number of pyridine rings is 1. The molecule has 80 valence electrons. The first-order chi connectivity index (χ1) is 6.95. The fourth-order valence-corrected chi connectivity index (χ4v) is 3.06. The van der Waals surface area contributed by atoms with E-state index >= 15 is 0 Å². The van der Waals surface area contributed by atoms with Crippen molar-refractivity contribution in [1.29, 1.82) is 0 Å². The summed E-state index contributed by atoms with van der Waals surface area (Å²) in [4.78, 5) is 8.42. The lowest BCUT2D eigenvalue weighted by molar-refractivity contribution is 0.603. The van der Waals surface area contributed by atoms with Gasteiger partial charge in [-0.25, -0.2) is 0 Å². The van der Waals surface area contributed by atoms with Crippen LogP contribution < -0.4 is 9.80 Å². The van der Waals surface area contributed by atoms with Crippen LogP contribution in [-0.4, -0.2) is 33.2 Å². The van der Waals surface area contributed by atoms with E-state index < -0.39 is 7.41 Å². The van der Waals surface area contributed by atoms with Crippen LogP contribution in [0.4, 0.5) is 11.5 Å². The molecule has 2 aromatic heterocycles. The van der Waals surface area contributed by atoms with Crippen molar-refractivity contribution in [3.63, 3.8) is 0 Å². The van der Waals surface area contributed by atoms with Gasteiger partial charge in [-0.3, -0.25) is 0 Å². The van der Waals surface area contributed by atoms with Crippen molar-refractivity contribution >= 4 is 29.3 Å². The molecule has 0 saturated carbocycles. The van der Waals surface area contributed by atoms with E-state index in [2.05, 4.69) is 4.98 Å². The summed E-state index contributed by atoms with van der Waals surface area (Å²) >= 11 is 0. The Morgan fingerprint density at radius 1 is 1.13 bits per heavy atom. The van der Waals surface area contributed by atoms with E-state index in [0.29, 0.717) is 0 Å². The van der Waals surface area contributed by atoms with Crippen LogP contribution in [-0.2, 0) is 4.57 Å². The molecule has 0 spiro atoms. The zero-order chi connectivity index (χ0) is 11.3. The summed E-state index contributed by atoms with van der Waals surface area (Å²) in [6.07, 6.45) is 0. The summed E-state index contributed by atoms with van der Waals surface area (Å²) in [5, 5.41) is 1.75. The first-order valence-electron chi connectivity index (χ1n) is 4.81. The smallest absolute Gasteiger partial charge is 0.374 e. The first kappa shape index (κ1) is 10.4. The van der Waals surface area contributed by atoms with E-state index in [9.17, 15) is 4.57 Å². The normalized spacial score (nSPS) is 12.5. The average molecular weight is 224 g/mol. The van der Waals surface area contributed by atoms with Crippen LogP contribution in [0, 0.1) is 6.92 Å². The molecule has 2 aromatic rings. The van der Waals surface area contributed by atoms with Crippen LogP contribution in [0.1, 0.15) is 5.56 Å². The molecule has 0 aliphatic rings. The Morgan fingerprint density at radius 3 is 2.20 bits per heavy atom. The molecule has 5 heteroatoms. The maximum atomic E-state index is 11.6. The number of fused-ring (bicyclic) bond motifs is 1. The first-order valence-corrected chi connectivity index (χ1v) is 6.07. The zero-order valence-corrected chi connectivity index (χ0v) is 10.6. The Labute approximate surface area is 89.9 Å². The van der Waals surface area contributed by atoms with Crippen LogP contribution in [0.2, 0.25) is 0 Å². The molecule has 0 aliphatic carbocycles. The molecule has 0 fully saturated rings. The van der Waals surface area contributed by atoms with Crippen LogP contribution in [0.3, 0.4) is 0 Å². The van der Waals surface area contributed by atoms with Crippen LogP contribution in [0.25, 0.3) is 10.4 Å². The zero-order valence-electron chi connectivity index (χ0n) is 9.70. The summed E-state index contributed by atoms with van der Waals surface area (Å²) in [7, 11) is 6.59. The molecule has 0 aromatic carbocycles. The van der Waals surface area contributed by atoms with Gasteiger partial charge in [-0.1, -0.05) is 4.57 Å². The number of nitrogens with zero attached hydrogens (tertiary/aromatic N) is 3. The van der Waals surface area contributed by atoms with E-state index in [0.717, 1.165) is 27.4 Å².